The molecule has 0 spiro atoms. The summed E-state index contributed by atoms with van der Waals surface area (Å²) in [6, 6.07) is 0. The Labute approximate surface area is 134 Å². The van der Waals surface area contributed by atoms with Crippen molar-refractivity contribution in [2.24, 2.45) is 0 Å². The summed E-state index contributed by atoms with van der Waals surface area (Å²) in [5.41, 5.74) is 0.298. The first-order chi connectivity index (χ1) is 10.2. The van der Waals surface area contributed by atoms with Crippen LogP contribution in [0.25, 0.3) is 0 Å². The lowest BCUT2D eigenvalue weighted by Crippen LogP contribution is -2.25. The number of nitrogens with zero attached hydrogens (tertiary/aromatic N) is 2. The highest BCUT2D eigenvalue weighted by Gasteiger charge is 2.02. The van der Waals surface area contributed by atoms with E-state index in [1.54, 1.807) is 0 Å². The smallest absolute Gasteiger partial charge is 0.330 e. The monoisotopic (exact) mass is 313 g/mol. The van der Waals surface area contributed by atoms with E-state index in [0.717, 1.165) is 32.5 Å². The van der Waals surface area contributed by atoms with E-state index in [1.807, 2.05) is 33.1 Å². The molecular weight excluding hydrogens is 282 g/mol. The molecule has 2 N–H and O–H groups in total. The summed E-state index contributed by atoms with van der Waals surface area (Å²) in [5, 5.41) is 11.1. The first kappa shape index (κ1) is 22.6. The summed E-state index contributed by atoms with van der Waals surface area (Å²) >= 11 is 0. The van der Waals surface area contributed by atoms with Crippen molar-refractivity contribution in [3.05, 3.63) is 24.8 Å². The lowest BCUT2D eigenvalue weighted by Gasteiger charge is -2.08. The van der Waals surface area contributed by atoms with Crippen LogP contribution in [0.1, 0.15) is 19.3 Å². The number of hydrogen-bond donors (Lipinski definition) is 2. The Bertz CT molecular complexity index is 351. The molecule has 0 atom stereocenters. The van der Waals surface area contributed by atoms with Gasteiger partial charge in [0, 0.05) is 12.1 Å². The van der Waals surface area contributed by atoms with Crippen LogP contribution in [0.3, 0.4) is 0 Å². The molecule has 0 heterocycles. The van der Waals surface area contributed by atoms with E-state index in [4.69, 9.17) is 5.11 Å². The van der Waals surface area contributed by atoms with Gasteiger partial charge in [0.2, 0.25) is 5.91 Å². The van der Waals surface area contributed by atoms with Crippen molar-refractivity contribution in [2.75, 3.05) is 47.8 Å². The van der Waals surface area contributed by atoms with Gasteiger partial charge in [0.25, 0.3) is 0 Å². The van der Waals surface area contributed by atoms with Crippen molar-refractivity contribution in [3.63, 3.8) is 0 Å². The van der Waals surface area contributed by atoms with E-state index in [2.05, 4.69) is 23.4 Å². The predicted octanol–water partition coefficient (Wildman–Crippen LogP) is 1.21. The van der Waals surface area contributed by atoms with Gasteiger partial charge in [0.1, 0.15) is 0 Å². The Balaban J connectivity index is 0. The summed E-state index contributed by atoms with van der Waals surface area (Å²) in [7, 11) is 7.94. The fourth-order valence-corrected chi connectivity index (χ4v) is 1.39. The normalized spacial score (nSPS) is 9.91. The minimum atomic E-state index is -0.885. The van der Waals surface area contributed by atoms with Gasteiger partial charge in [-0.05, 0) is 66.6 Å². The van der Waals surface area contributed by atoms with Gasteiger partial charge in [-0.1, -0.05) is 13.2 Å². The molecule has 0 saturated carbocycles. The fourth-order valence-electron chi connectivity index (χ4n) is 1.39. The van der Waals surface area contributed by atoms with Crippen LogP contribution in [-0.2, 0) is 9.59 Å². The van der Waals surface area contributed by atoms with E-state index >= 15 is 0 Å². The van der Waals surface area contributed by atoms with Crippen molar-refractivity contribution in [2.45, 2.75) is 19.3 Å². The summed E-state index contributed by atoms with van der Waals surface area (Å²) < 4.78 is 0. The molecule has 0 aromatic carbocycles. The zero-order valence-corrected chi connectivity index (χ0v) is 14.4. The average Bonchev–Trinajstić information content (AvgIpc) is 2.43. The molecule has 0 aliphatic rings. The van der Waals surface area contributed by atoms with Gasteiger partial charge < -0.3 is 20.2 Å². The Hall–Kier alpha value is -1.66. The van der Waals surface area contributed by atoms with Crippen LogP contribution in [0.2, 0.25) is 0 Å². The van der Waals surface area contributed by atoms with Crippen LogP contribution >= 0.6 is 0 Å². The number of carbonyl (C=O) groups excluding carboxylic acids is 1. The molecule has 0 unspecified atom stereocenters. The quantitative estimate of drug-likeness (QED) is 0.468. The lowest BCUT2D eigenvalue weighted by molar-refractivity contribution is -0.132. The van der Waals surface area contributed by atoms with Gasteiger partial charge in [-0.2, -0.15) is 0 Å². The molecular formula is C16H31N3O3. The minimum Gasteiger partial charge on any atom is -0.478 e. The van der Waals surface area contributed by atoms with Crippen molar-refractivity contribution >= 4 is 11.9 Å². The second-order valence-electron chi connectivity index (χ2n) is 5.47. The number of carbonyl (C=O) groups is 2. The molecule has 0 saturated heterocycles. The molecule has 6 heteroatoms. The number of carboxylic acids is 1. The SMILES string of the molecule is C=C(CCCN(C)C)C(=O)O.C=CC(=O)NCCCN(C)C. The first-order valence-corrected chi connectivity index (χ1v) is 7.31. The van der Waals surface area contributed by atoms with E-state index in [0.29, 0.717) is 12.0 Å². The third-order valence-corrected chi connectivity index (χ3v) is 2.65. The molecule has 0 aromatic heterocycles. The topological polar surface area (TPSA) is 72.9 Å². The maximum atomic E-state index is 10.6. The second-order valence-corrected chi connectivity index (χ2v) is 5.47. The fraction of sp³-hybridized carbons (Fsp3) is 0.625. The summed E-state index contributed by atoms with van der Waals surface area (Å²) in [5.74, 6) is -0.979. The largest absolute Gasteiger partial charge is 0.478 e. The first-order valence-electron chi connectivity index (χ1n) is 7.31. The van der Waals surface area contributed by atoms with E-state index in [9.17, 15) is 9.59 Å². The van der Waals surface area contributed by atoms with E-state index in [-0.39, 0.29) is 5.91 Å². The zero-order chi connectivity index (χ0) is 17.5. The van der Waals surface area contributed by atoms with Gasteiger partial charge >= 0.3 is 5.97 Å². The average molecular weight is 313 g/mol. The Morgan fingerprint density at radius 1 is 1.09 bits per heavy atom. The highest BCUT2D eigenvalue weighted by molar-refractivity contribution is 5.86. The van der Waals surface area contributed by atoms with E-state index < -0.39 is 5.97 Å². The standard InChI is InChI=1S/C8H16N2O.C8H15NO2/c1-4-8(11)9-6-5-7-10(2)3;1-7(8(10)11)5-4-6-9(2)3/h4H,1,5-7H2,2-3H3,(H,9,11);1,4-6H2,2-3H3,(H,10,11). The molecule has 128 valence electrons. The van der Waals surface area contributed by atoms with Gasteiger partial charge in [-0.25, -0.2) is 4.79 Å². The Morgan fingerprint density at radius 2 is 1.59 bits per heavy atom. The molecule has 0 rings (SSSR count). The third-order valence-electron chi connectivity index (χ3n) is 2.65. The molecule has 22 heavy (non-hydrogen) atoms. The highest BCUT2D eigenvalue weighted by atomic mass is 16.4. The molecule has 0 aromatic rings. The Kier molecular flexibility index (Phi) is 14.7. The highest BCUT2D eigenvalue weighted by Crippen LogP contribution is 2.01. The summed E-state index contributed by atoms with van der Waals surface area (Å²) in [6.07, 6.45) is 3.70. The van der Waals surface area contributed by atoms with Gasteiger partial charge in [0.15, 0.2) is 0 Å². The maximum Gasteiger partial charge on any atom is 0.330 e. The van der Waals surface area contributed by atoms with Crippen LogP contribution in [-0.4, -0.2) is 74.6 Å². The third kappa shape index (κ3) is 18.3. The molecule has 0 aliphatic carbocycles. The van der Waals surface area contributed by atoms with E-state index in [1.165, 1.54) is 6.08 Å². The van der Waals surface area contributed by atoms with Crippen molar-refractivity contribution in [1.29, 1.82) is 0 Å². The number of aliphatic carboxylic acids is 1. The number of hydrogen-bond acceptors (Lipinski definition) is 4. The zero-order valence-electron chi connectivity index (χ0n) is 14.4. The van der Waals surface area contributed by atoms with Crippen LogP contribution in [0, 0.1) is 0 Å². The van der Waals surface area contributed by atoms with Crippen LogP contribution in [0.4, 0.5) is 0 Å². The molecule has 0 aliphatic heterocycles. The molecule has 1 amide bonds. The summed E-state index contributed by atoms with van der Waals surface area (Å²) in [6.45, 7) is 9.42. The number of nitrogens with one attached hydrogen (secondary N) is 1. The molecule has 0 bridgehead atoms. The van der Waals surface area contributed by atoms with Crippen LogP contribution in [0.15, 0.2) is 24.8 Å². The second kappa shape index (κ2) is 14.3. The van der Waals surface area contributed by atoms with Crippen LogP contribution < -0.4 is 5.32 Å². The van der Waals surface area contributed by atoms with Gasteiger partial charge in [-0.3, -0.25) is 4.79 Å². The number of amides is 1. The van der Waals surface area contributed by atoms with Crippen LogP contribution in [0.5, 0.6) is 0 Å². The number of carboxylic acid groups (broad SMARTS) is 1. The number of rotatable bonds is 10. The van der Waals surface area contributed by atoms with Gasteiger partial charge in [-0.15, -0.1) is 0 Å². The van der Waals surface area contributed by atoms with Crippen molar-refractivity contribution in [3.8, 4) is 0 Å². The Morgan fingerprint density at radius 3 is 2.00 bits per heavy atom. The molecule has 0 fully saturated rings. The van der Waals surface area contributed by atoms with Crippen molar-refractivity contribution < 1.29 is 14.7 Å². The molecule has 6 nitrogen and oxygen atoms in total. The van der Waals surface area contributed by atoms with Crippen molar-refractivity contribution in [1.82, 2.24) is 15.1 Å². The minimum absolute atomic E-state index is 0.0937. The predicted molar refractivity (Wildman–Crippen MR) is 90.9 cm³/mol. The maximum absolute atomic E-state index is 10.6. The lowest BCUT2D eigenvalue weighted by atomic mass is 10.1. The summed E-state index contributed by atoms with van der Waals surface area (Å²) in [4.78, 5) is 25.0. The van der Waals surface area contributed by atoms with Gasteiger partial charge in [0.05, 0.1) is 0 Å². The molecule has 0 radical (unpaired) electrons.